The van der Waals surface area contributed by atoms with Crippen molar-refractivity contribution in [3.8, 4) is 0 Å². The van der Waals surface area contributed by atoms with Crippen LogP contribution in [-0.4, -0.2) is 196 Å². The Morgan fingerprint density at radius 1 is 0.323 bits per heavy atom. The first-order chi connectivity index (χ1) is 43.8. The molecule has 582 valence electrons. The van der Waals surface area contributed by atoms with Crippen molar-refractivity contribution < 1.29 is 187 Å². The van der Waals surface area contributed by atoms with E-state index in [1.807, 2.05) is 0 Å². The number of halogens is 18. The number of ether oxygens (including phenoxy) is 6. The number of carbonyl (C=O) groups excluding carboxylic acids is 6. The molecule has 0 aromatic rings. The highest BCUT2D eigenvalue weighted by atomic mass is 32.2. The van der Waals surface area contributed by atoms with Gasteiger partial charge in [0.05, 0.1) is 24.3 Å². The van der Waals surface area contributed by atoms with E-state index >= 15 is 0 Å². The SMILES string of the molecule is C=C(C)C(=O)OCC(C)(C)NS(=O)(=O)C(F)(F)F.C=C(C)C(=O)OCCCNS(=O)(=O)C(F)(F)F.C=C(C)C(=O)OCCNS(=O)(=O)C(F)(F)F.C=CC(=O)OCC(C)(C)NS(=O)(=O)C(F)(F)F.C=CC(=O)OCCCNS(=O)(=O)C(F)(F)F.C=CC(=O)OCCNS(=O)(=O)C(F)(F)F. The second-order valence-corrected chi connectivity index (χ2v) is 29.1. The van der Waals surface area contributed by atoms with Gasteiger partial charge in [-0.3, -0.25) is 0 Å². The Morgan fingerprint density at radius 2 is 0.525 bits per heavy atom. The fraction of sp³-hybridized carbons (Fsp3) is 0.600. The Labute approximate surface area is 554 Å². The van der Waals surface area contributed by atoms with Crippen molar-refractivity contribution in [2.24, 2.45) is 0 Å². The Bertz CT molecular complexity index is 3440. The number of hydrogen-bond donors (Lipinski definition) is 6. The smallest absolute Gasteiger partial charge is 0.462 e. The van der Waals surface area contributed by atoms with Gasteiger partial charge in [-0.2, -0.15) is 88.5 Å². The summed E-state index contributed by atoms with van der Waals surface area (Å²) in [6.07, 6.45) is 2.38. The molecule has 0 bridgehead atoms. The summed E-state index contributed by atoms with van der Waals surface area (Å²) in [4.78, 5) is 64.1. The Kier molecular flexibility index (Phi) is 45.3. The van der Waals surface area contributed by atoms with E-state index in [4.69, 9.17) is 0 Å². The van der Waals surface area contributed by atoms with Crippen LogP contribution in [0, 0.1) is 0 Å². The van der Waals surface area contributed by atoms with Crippen LogP contribution in [-0.2, 0) is 117 Å². The highest BCUT2D eigenvalue weighted by Crippen LogP contribution is 2.27. The average Bonchev–Trinajstić information content (AvgIpc) is 0.836. The van der Waals surface area contributed by atoms with Crippen LogP contribution in [0.3, 0.4) is 0 Å². The Morgan fingerprint density at radius 3 is 0.778 bits per heavy atom. The fourth-order valence-corrected chi connectivity index (χ4v) is 7.80. The van der Waals surface area contributed by atoms with Crippen LogP contribution in [0.2, 0.25) is 0 Å². The third kappa shape index (κ3) is 48.0. The monoisotopic (exact) mass is 1610 g/mol. The van der Waals surface area contributed by atoms with E-state index < -0.39 is 193 Å². The third-order valence-electron chi connectivity index (χ3n) is 8.30. The molecule has 0 aliphatic carbocycles. The lowest BCUT2D eigenvalue weighted by Crippen LogP contribution is -2.51. The zero-order valence-corrected chi connectivity index (χ0v) is 56.9. The Hall–Kier alpha value is -6.54. The maximum atomic E-state index is 12.1. The molecular weight excluding hydrogens is 1540 g/mol. The van der Waals surface area contributed by atoms with Crippen LogP contribution in [0.25, 0.3) is 0 Å². The van der Waals surface area contributed by atoms with Crippen molar-refractivity contribution in [3.05, 3.63) is 74.4 Å². The van der Waals surface area contributed by atoms with Crippen LogP contribution in [0.15, 0.2) is 74.4 Å². The summed E-state index contributed by atoms with van der Waals surface area (Å²) in [6, 6.07) is 0. The number of esters is 6. The lowest BCUT2D eigenvalue weighted by Gasteiger charge is -2.25. The highest BCUT2D eigenvalue weighted by molar-refractivity contribution is 7.91. The summed E-state index contributed by atoms with van der Waals surface area (Å²) >= 11 is 0. The molecule has 0 rings (SSSR count). The van der Waals surface area contributed by atoms with E-state index in [1.54, 1.807) is 0 Å². The molecule has 0 radical (unpaired) electrons. The number of rotatable bonds is 32. The molecule has 0 heterocycles. The van der Waals surface area contributed by atoms with Gasteiger partial charge in [0.25, 0.3) is 0 Å². The van der Waals surface area contributed by atoms with Crippen molar-refractivity contribution in [1.82, 2.24) is 28.3 Å². The molecule has 0 saturated carbocycles. The summed E-state index contributed by atoms with van der Waals surface area (Å²) in [5.41, 5.74) is -35.1. The Balaban J connectivity index is -0.000000262. The molecule has 30 nitrogen and oxygen atoms in total. The topological polar surface area (TPSA) is 435 Å². The first-order valence-corrected chi connectivity index (χ1v) is 34.0. The molecule has 0 fully saturated rings. The predicted octanol–water partition coefficient (Wildman–Crippen LogP) is 4.44. The minimum atomic E-state index is -5.49. The van der Waals surface area contributed by atoms with Crippen molar-refractivity contribution in [2.45, 2.75) is 105 Å². The summed E-state index contributed by atoms with van der Waals surface area (Å²) < 4.78 is 375. The minimum Gasteiger partial charge on any atom is -0.462 e. The van der Waals surface area contributed by atoms with Gasteiger partial charge in [0.1, 0.15) is 26.4 Å². The predicted molar refractivity (Wildman–Crippen MR) is 306 cm³/mol. The number of hydrogen-bond acceptors (Lipinski definition) is 24. The normalized spacial score (nSPS) is 12.6. The van der Waals surface area contributed by atoms with Crippen LogP contribution in [0.4, 0.5) is 79.0 Å². The molecule has 0 spiro atoms. The van der Waals surface area contributed by atoms with Crippen LogP contribution in [0.1, 0.15) is 61.3 Å². The van der Waals surface area contributed by atoms with Crippen molar-refractivity contribution >= 4 is 96.0 Å². The van der Waals surface area contributed by atoms with E-state index in [0.29, 0.717) is 0 Å². The lowest BCUT2D eigenvalue weighted by atomic mass is 10.1. The van der Waals surface area contributed by atoms with Crippen LogP contribution < -0.4 is 28.3 Å². The van der Waals surface area contributed by atoms with Crippen molar-refractivity contribution in [3.63, 3.8) is 0 Å². The van der Waals surface area contributed by atoms with Crippen LogP contribution >= 0.6 is 0 Å². The largest absolute Gasteiger partial charge is 0.511 e. The van der Waals surface area contributed by atoms with Gasteiger partial charge in [0, 0.05) is 61.1 Å². The maximum absolute atomic E-state index is 12.1. The maximum Gasteiger partial charge on any atom is 0.511 e. The van der Waals surface area contributed by atoms with Gasteiger partial charge in [0.2, 0.25) is 0 Å². The van der Waals surface area contributed by atoms with Gasteiger partial charge < -0.3 is 28.4 Å². The summed E-state index contributed by atoms with van der Waals surface area (Å²) in [6.45, 7) is 23.0. The summed E-state index contributed by atoms with van der Waals surface area (Å²) in [5.74, 6) is -4.71. The van der Waals surface area contributed by atoms with Gasteiger partial charge in [0.15, 0.2) is 0 Å². The quantitative estimate of drug-likeness (QED) is 0.0178. The van der Waals surface area contributed by atoms with E-state index in [1.165, 1.54) is 49.1 Å². The molecule has 0 aromatic carbocycles. The van der Waals surface area contributed by atoms with E-state index in [9.17, 15) is 158 Å². The molecule has 0 aromatic heterocycles. The van der Waals surface area contributed by atoms with Gasteiger partial charge in [-0.25, -0.2) is 98.2 Å². The third-order valence-corrected chi connectivity index (χ3v) is 15.9. The number of alkyl halides is 18. The molecule has 0 amide bonds. The average molecular weight is 1610 g/mol. The second kappa shape index (κ2) is 43.3. The molecule has 99 heavy (non-hydrogen) atoms. The van der Waals surface area contributed by atoms with E-state index in [-0.39, 0.29) is 42.8 Å². The lowest BCUT2D eigenvalue weighted by molar-refractivity contribution is -0.141. The van der Waals surface area contributed by atoms with Crippen LogP contribution in [0.5, 0.6) is 0 Å². The van der Waals surface area contributed by atoms with Crippen molar-refractivity contribution in [2.75, 3.05) is 65.8 Å². The van der Waals surface area contributed by atoms with Crippen molar-refractivity contribution in [1.29, 1.82) is 0 Å². The van der Waals surface area contributed by atoms with Gasteiger partial charge >= 0.3 is 129 Å². The fourth-order valence-electron chi connectivity index (χ4n) is 3.82. The van der Waals surface area contributed by atoms with Gasteiger partial charge in [-0.05, 0) is 61.3 Å². The first-order valence-electron chi connectivity index (χ1n) is 25.1. The molecule has 0 saturated heterocycles. The number of nitrogens with one attached hydrogen (secondary N) is 6. The summed E-state index contributed by atoms with van der Waals surface area (Å²) in [5, 5.41) is 0. The molecule has 0 aliphatic heterocycles. The summed E-state index contributed by atoms with van der Waals surface area (Å²) in [7, 11) is -32.4. The molecule has 54 heteroatoms. The number of sulfonamides is 6. The number of carbonyl (C=O) groups is 6. The molecular formula is C45H66F18N6O24S6. The molecule has 6 N–H and O–H groups in total. The highest BCUT2D eigenvalue weighted by Gasteiger charge is 2.51. The van der Waals surface area contributed by atoms with E-state index in [2.05, 4.69) is 67.9 Å². The van der Waals surface area contributed by atoms with Gasteiger partial charge in [-0.15, -0.1) is 0 Å². The van der Waals surface area contributed by atoms with Gasteiger partial charge in [-0.1, -0.05) is 39.5 Å². The molecule has 0 unspecified atom stereocenters. The molecule has 0 atom stereocenters. The van der Waals surface area contributed by atoms with E-state index in [0.717, 1.165) is 45.9 Å². The standard InChI is InChI=1S/C9H14F3NO4S.2C8H12F3NO4S.2C7H10F3NO4S.C6H8F3NO4S/c1-6(2)7(14)17-5-8(3,4)13-18(15,16)9(10,11)12;1-6(2)7(13)16-5-3-4-12-17(14,15)8(9,10)11;1-4-6(13)16-5-7(2,3)12-17(14,15)8(9,10)11;1-5(2)6(12)15-4-3-11-16(13,14)7(8,9)10;1-2-6(12)15-5-3-4-11-16(13,14)7(8,9)10;1-2-5(11)14-4-3-10-15(12,13)6(7,8)9/h13H,1,5H2,2-4H3;12H,1,3-5H2,2H3;4,12H,1,5H2,2-3H3;11H,1,3-4H2,2H3;2,11H,1,3-5H2;2,10H,1,3-4H2. The zero-order valence-electron chi connectivity index (χ0n) is 52.0. The first kappa shape index (κ1) is 103. The molecule has 0 aliphatic rings. The second-order valence-electron chi connectivity index (χ2n) is 18.7. The minimum absolute atomic E-state index is 0.0597. The zero-order chi connectivity index (χ0) is 80.3.